The first kappa shape index (κ1) is 20.0. The van der Waals surface area contributed by atoms with Gasteiger partial charge in [-0.05, 0) is 18.2 Å². The van der Waals surface area contributed by atoms with Crippen molar-refractivity contribution in [1.82, 2.24) is 10.6 Å². The van der Waals surface area contributed by atoms with Crippen LogP contribution in [-0.4, -0.2) is 19.4 Å². The first-order valence-electron chi connectivity index (χ1n) is 7.79. The lowest BCUT2D eigenvalue weighted by Crippen LogP contribution is -2.36. The van der Waals surface area contributed by atoms with Gasteiger partial charge in [0, 0.05) is 31.3 Å². The predicted molar refractivity (Wildman–Crippen MR) is 91.3 cm³/mol. The Morgan fingerprint density at radius 2 is 1.78 bits per heavy atom. The van der Waals surface area contributed by atoms with E-state index in [0.29, 0.717) is 5.56 Å². The molecule has 27 heavy (non-hydrogen) atoms. The fraction of sp³-hybridized carbons (Fsp3) is 0.222. The number of halogens is 4. The van der Waals surface area contributed by atoms with Crippen molar-refractivity contribution in [3.63, 3.8) is 0 Å². The zero-order valence-electron chi connectivity index (χ0n) is 14.3. The monoisotopic (exact) mass is 380 g/mol. The average Bonchev–Trinajstić information content (AvgIpc) is 2.62. The standard InChI is InChI=1S/C18H16F4N4O/c1-24-17(25-10-13-7-6-12(9-23)8-15(13)19)26-11-14-4-2-3-5-16(14)27-18(20,21)22/h2-8H,10-11H2,1H3,(H2,24,25,26). The molecule has 0 saturated carbocycles. The molecule has 0 fully saturated rings. The number of para-hydroxylation sites is 1. The highest BCUT2D eigenvalue weighted by atomic mass is 19.4. The third-order valence-electron chi connectivity index (χ3n) is 3.50. The lowest BCUT2D eigenvalue weighted by Gasteiger charge is -2.16. The van der Waals surface area contributed by atoms with Crippen molar-refractivity contribution in [1.29, 1.82) is 5.26 Å². The molecule has 0 amide bonds. The fourth-order valence-corrected chi connectivity index (χ4v) is 2.21. The van der Waals surface area contributed by atoms with E-state index in [9.17, 15) is 17.6 Å². The molecule has 2 rings (SSSR count). The van der Waals surface area contributed by atoms with Crippen LogP contribution in [-0.2, 0) is 13.1 Å². The minimum absolute atomic E-state index is 0.0157. The lowest BCUT2D eigenvalue weighted by molar-refractivity contribution is -0.274. The zero-order valence-corrected chi connectivity index (χ0v) is 14.3. The molecule has 0 bridgehead atoms. The Morgan fingerprint density at radius 1 is 1.11 bits per heavy atom. The van der Waals surface area contributed by atoms with Gasteiger partial charge in [-0.3, -0.25) is 4.99 Å². The van der Waals surface area contributed by atoms with Gasteiger partial charge in [0.15, 0.2) is 5.96 Å². The molecule has 9 heteroatoms. The second-order valence-corrected chi connectivity index (χ2v) is 5.35. The van der Waals surface area contributed by atoms with Crippen molar-refractivity contribution >= 4 is 5.96 Å². The Labute approximate surface area is 153 Å². The number of nitriles is 1. The maximum Gasteiger partial charge on any atom is 0.573 e. The van der Waals surface area contributed by atoms with Crippen LogP contribution in [0.5, 0.6) is 5.75 Å². The van der Waals surface area contributed by atoms with Crippen LogP contribution in [0.25, 0.3) is 0 Å². The van der Waals surface area contributed by atoms with Crippen molar-refractivity contribution in [2.24, 2.45) is 4.99 Å². The number of ether oxygens (including phenoxy) is 1. The normalized spacial score (nSPS) is 11.6. The Hall–Kier alpha value is -3.28. The van der Waals surface area contributed by atoms with Gasteiger partial charge in [-0.1, -0.05) is 24.3 Å². The average molecular weight is 380 g/mol. The minimum atomic E-state index is -4.79. The molecule has 5 nitrogen and oxygen atoms in total. The Kier molecular flexibility index (Phi) is 6.60. The van der Waals surface area contributed by atoms with E-state index >= 15 is 0 Å². The van der Waals surface area contributed by atoms with Crippen LogP contribution in [0.3, 0.4) is 0 Å². The molecule has 0 aliphatic heterocycles. The Morgan fingerprint density at radius 3 is 2.37 bits per heavy atom. The van der Waals surface area contributed by atoms with Gasteiger partial charge in [-0.2, -0.15) is 5.26 Å². The third-order valence-corrected chi connectivity index (χ3v) is 3.50. The summed E-state index contributed by atoms with van der Waals surface area (Å²) in [4.78, 5) is 3.94. The fourth-order valence-electron chi connectivity index (χ4n) is 2.21. The number of nitrogens with zero attached hydrogens (tertiary/aromatic N) is 2. The van der Waals surface area contributed by atoms with Crippen LogP contribution < -0.4 is 15.4 Å². The van der Waals surface area contributed by atoms with Gasteiger partial charge in [0.1, 0.15) is 11.6 Å². The van der Waals surface area contributed by atoms with Crippen LogP contribution in [0, 0.1) is 17.1 Å². The summed E-state index contributed by atoms with van der Waals surface area (Å²) in [5, 5.41) is 14.4. The molecular weight excluding hydrogens is 364 g/mol. The van der Waals surface area contributed by atoms with Gasteiger partial charge in [-0.15, -0.1) is 13.2 Å². The number of alkyl halides is 3. The molecule has 0 aliphatic carbocycles. The second kappa shape index (κ2) is 8.89. The van der Waals surface area contributed by atoms with E-state index in [2.05, 4.69) is 20.4 Å². The number of hydrogen-bond acceptors (Lipinski definition) is 3. The SMILES string of the molecule is CN=C(NCc1ccc(C#N)cc1F)NCc1ccccc1OC(F)(F)F. The molecule has 0 aromatic heterocycles. The van der Waals surface area contributed by atoms with Crippen molar-refractivity contribution in [2.75, 3.05) is 7.05 Å². The molecule has 142 valence electrons. The van der Waals surface area contributed by atoms with E-state index in [1.54, 1.807) is 6.07 Å². The largest absolute Gasteiger partial charge is 0.573 e. The second-order valence-electron chi connectivity index (χ2n) is 5.35. The number of rotatable bonds is 5. The summed E-state index contributed by atoms with van der Waals surface area (Å²) in [5.74, 6) is -0.590. The van der Waals surface area contributed by atoms with Crippen molar-refractivity contribution in [3.8, 4) is 11.8 Å². The van der Waals surface area contributed by atoms with E-state index in [4.69, 9.17) is 5.26 Å². The number of hydrogen-bond donors (Lipinski definition) is 2. The van der Waals surface area contributed by atoms with Crippen LogP contribution in [0.15, 0.2) is 47.5 Å². The van der Waals surface area contributed by atoms with E-state index in [0.717, 1.165) is 6.07 Å². The Balaban J connectivity index is 1.98. The van der Waals surface area contributed by atoms with Gasteiger partial charge < -0.3 is 15.4 Å². The molecule has 2 aromatic rings. The first-order valence-corrected chi connectivity index (χ1v) is 7.79. The van der Waals surface area contributed by atoms with Crippen molar-refractivity contribution < 1.29 is 22.3 Å². The van der Waals surface area contributed by atoms with Gasteiger partial charge in [0.25, 0.3) is 0 Å². The number of nitrogens with one attached hydrogen (secondary N) is 2. The summed E-state index contributed by atoms with van der Waals surface area (Å²) in [6, 6.07) is 11.6. The highest BCUT2D eigenvalue weighted by molar-refractivity contribution is 5.79. The summed E-state index contributed by atoms with van der Waals surface area (Å²) in [6.07, 6.45) is -4.79. The smallest absolute Gasteiger partial charge is 0.405 e. The van der Waals surface area contributed by atoms with E-state index in [1.165, 1.54) is 37.4 Å². The predicted octanol–water partition coefficient (Wildman–Crippen LogP) is 3.46. The number of aliphatic imine (C=N–C) groups is 1. The number of guanidine groups is 1. The highest BCUT2D eigenvalue weighted by Gasteiger charge is 2.31. The van der Waals surface area contributed by atoms with Crippen LogP contribution >= 0.6 is 0 Å². The highest BCUT2D eigenvalue weighted by Crippen LogP contribution is 2.26. The van der Waals surface area contributed by atoms with Gasteiger partial charge in [0.2, 0.25) is 0 Å². The third kappa shape index (κ3) is 6.18. The summed E-state index contributed by atoms with van der Waals surface area (Å²) >= 11 is 0. The molecule has 2 N–H and O–H groups in total. The van der Waals surface area contributed by atoms with E-state index < -0.39 is 12.2 Å². The van der Waals surface area contributed by atoms with Crippen LogP contribution in [0.1, 0.15) is 16.7 Å². The minimum Gasteiger partial charge on any atom is -0.405 e. The summed E-state index contributed by atoms with van der Waals surface area (Å²) in [6.45, 7) is 0.0969. The molecular formula is C18H16F4N4O. The molecule has 0 spiro atoms. The summed E-state index contributed by atoms with van der Waals surface area (Å²) in [5.41, 5.74) is 0.806. The van der Waals surface area contributed by atoms with Gasteiger partial charge in [-0.25, -0.2) is 4.39 Å². The molecule has 0 unspecified atom stereocenters. The maximum atomic E-state index is 13.9. The topological polar surface area (TPSA) is 69.4 Å². The van der Waals surface area contributed by atoms with Gasteiger partial charge >= 0.3 is 6.36 Å². The van der Waals surface area contributed by atoms with Crippen LogP contribution in [0.4, 0.5) is 17.6 Å². The van der Waals surface area contributed by atoms with Crippen LogP contribution in [0.2, 0.25) is 0 Å². The Bertz CT molecular complexity index is 859. The summed E-state index contributed by atoms with van der Waals surface area (Å²) in [7, 11) is 1.47. The zero-order chi connectivity index (χ0) is 19.9. The number of benzene rings is 2. The maximum absolute atomic E-state index is 13.9. The molecule has 2 aromatic carbocycles. The van der Waals surface area contributed by atoms with E-state index in [1.807, 2.05) is 6.07 Å². The first-order chi connectivity index (χ1) is 12.8. The summed E-state index contributed by atoms with van der Waals surface area (Å²) < 4.78 is 55.2. The van der Waals surface area contributed by atoms with Crippen molar-refractivity contribution in [3.05, 3.63) is 65.0 Å². The lowest BCUT2D eigenvalue weighted by atomic mass is 10.1. The molecule has 0 heterocycles. The van der Waals surface area contributed by atoms with Crippen molar-refractivity contribution in [2.45, 2.75) is 19.5 Å². The quantitative estimate of drug-likeness (QED) is 0.474. The molecule has 0 radical (unpaired) electrons. The molecule has 0 saturated heterocycles. The molecule has 0 aliphatic rings. The molecule has 0 atom stereocenters. The van der Waals surface area contributed by atoms with E-state index in [-0.39, 0.29) is 35.9 Å². The van der Waals surface area contributed by atoms with Gasteiger partial charge in [0.05, 0.1) is 11.6 Å².